The number of β-lactam (4-membered cyclic amide) rings is 1. The molecule has 1 fully saturated rings. The first-order chi connectivity index (χ1) is 12.3. The molecule has 2 atom stereocenters. The lowest BCUT2D eigenvalue weighted by Gasteiger charge is -2.36. The maximum Gasteiger partial charge on any atom is 0.404 e. The summed E-state index contributed by atoms with van der Waals surface area (Å²) >= 11 is 0.913. The topological polar surface area (TPSA) is 208 Å². The Morgan fingerprint density at radius 3 is 2.73 bits per heavy atom. The van der Waals surface area contributed by atoms with E-state index < -0.39 is 42.6 Å². The number of aliphatic carboxylic acids is 1. The van der Waals surface area contributed by atoms with Gasteiger partial charge >= 0.3 is 12.1 Å². The smallest absolute Gasteiger partial charge is 0.404 e. The van der Waals surface area contributed by atoms with Crippen LogP contribution in [0.25, 0.3) is 0 Å². The number of aromatic nitrogens is 1. The summed E-state index contributed by atoms with van der Waals surface area (Å²) in [6, 6.07) is -1.68. The summed E-state index contributed by atoms with van der Waals surface area (Å²) in [5, 5.41) is 17.0. The summed E-state index contributed by atoms with van der Waals surface area (Å²) in [6.07, 6.45) is 0.220. The van der Waals surface area contributed by atoms with Crippen LogP contribution in [0.1, 0.15) is 4.88 Å². The minimum atomic E-state index is -1.29. The number of thiazole rings is 1. The van der Waals surface area contributed by atoms with Crippen molar-refractivity contribution in [1.29, 1.82) is 0 Å². The van der Waals surface area contributed by atoms with Gasteiger partial charge in [-0.3, -0.25) is 9.59 Å². The fourth-order valence-corrected chi connectivity index (χ4v) is 2.54. The van der Waals surface area contributed by atoms with Crippen LogP contribution in [0.5, 0.6) is 0 Å². The van der Waals surface area contributed by atoms with Crippen molar-refractivity contribution in [3.8, 4) is 0 Å². The van der Waals surface area contributed by atoms with Gasteiger partial charge in [0.05, 0.1) is 10.9 Å². The molecular weight excluding hydrogens is 372 g/mol. The molecule has 0 aliphatic carbocycles. The highest BCUT2D eigenvalue weighted by Gasteiger charge is 2.42. The second-order valence-electron chi connectivity index (χ2n) is 4.87. The number of oxime groups is 1. The molecule has 2 rings (SSSR count). The molecule has 0 saturated carbocycles. The number of nitrogens with two attached hydrogens (primary N) is 2. The number of carbonyl (C=O) groups is 4. The molecule has 1 aromatic heterocycles. The van der Waals surface area contributed by atoms with Crippen molar-refractivity contribution in [2.45, 2.75) is 12.1 Å². The Kier molecular flexibility index (Phi) is 5.90. The quantitative estimate of drug-likeness (QED) is 0.183. The number of nitrogens with zero attached hydrogens (tertiary/aromatic N) is 2. The number of nitrogens with one attached hydrogen (secondary N) is 2. The summed E-state index contributed by atoms with van der Waals surface area (Å²) in [5.41, 5.74) is 10.0. The highest BCUT2D eigenvalue weighted by Crippen LogP contribution is 2.16. The zero-order valence-corrected chi connectivity index (χ0v) is 13.8. The summed E-state index contributed by atoms with van der Waals surface area (Å²) in [6.45, 7) is -1.01. The Morgan fingerprint density at radius 1 is 1.46 bits per heavy atom. The predicted molar refractivity (Wildman–Crippen MR) is 86.0 cm³/mol. The molecule has 0 aromatic carbocycles. The zero-order valence-electron chi connectivity index (χ0n) is 13.0. The molecule has 26 heavy (non-hydrogen) atoms. The standard InChI is InChI=1S/C12H14N6O7S/c13-11-15-1-5(26-11)8(18-25-3-6(19)20)10(22)17-7-4(16-9(7)21)2-24-12(14)23/h1,4,7H,2-3H2,(H2,13,15)(H2,14,23)(H,16,21)(H,17,22)(H,19,20)/b18-8-. The van der Waals surface area contributed by atoms with Crippen LogP contribution >= 0.6 is 11.3 Å². The number of hydrogen-bond acceptors (Lipinski definition) is 10. The second-order valence-corrected chi connectivity index (χ2v) is 5.93. The van der Waals surface area contributed by atoms with E-state index in [4.69, 9.17) is 16.6 Å². The Labute approximate surface area is 149 Å². The lowest BCUT2D eigenvalue weighted by atomic mass is 9.99. The average molecular weight is 386 g/mol. The first kappa shape index (κ1) is 18.9. The maximum absolute atomic E-state index is 12.4. The molecule has 1 saturated heterocycles. The van der Waals surface area contributed by atoms with Crippen molar-refractivity contribution < 1.29 is 33.9 Å². The van der Waals surface area contributed by atoms with Crippen molar-refractivity contribution in [1.82, 2.24) is 15.6 Å². The molecule has 2 unspecified atom stereocenters. The summed E-state index contributed by atoms with van der Waals surface area (Å²) < 4.78 is 4.57. The van der Waals surface area contributed by atoms with Gasteiger partial charge < -0.3 is 36.8 Å². The number of ether oxygens (including phenoxy) is 1. The van der Waals surface area contributed by atoms with Crippen LogP contribution in [0, 0.1) is 0 Å². The lowest BCUT2D eigenvalue weighted by molar-refractivity contribution is -0.142. The van der Waals surface area contributed by atoms with Crippen LogP contribution in [0.15, 0.2) is 11.4 Å². The first-order valence-electron chi connectivity index (χ1n) is 6.94. The van der Waals surface area contributed by atoms with E-state index in [1.807, 2.05) is 0 Å². The number of hydrogen-bond donors (Lipinski definition) is 5. The second kappa shape index (κ2) is 8.11. The van der Waals surface area contributed by atoms with Gasteiger partial charge in [0.25, 0.3) is 5.91 Å². The van der Waals surface area contributed by atoms with E-state index in [1.54, 1.807) is 0 Å². The van der Waals surface area contributed by atoms with E-state index in [-0.39, 0.29) is 22.3 Å². The van der Waals surface area contributed by atoms with Gasteiger partial charge in [0.15, 0.2) is 10.8 Å². The fraction of sp³-hybridized carbons (Fsp3) is 0.333. The highest BCUT2D eigenvalue weighted by molar-refractivity contribution is 7.18. The normalized spacial score (nSPS) is 19.1. The van der Waals surface area contributed by atoms with Crippen molar-refractivity contribution in [3.63, 3.8) is 0 Å². The number of carboxylic acids is 1. The van der Waals surface area contributed by atoms with Gasteiger partial charge in [-0.05, 0) is 0 Å². The zero-order chi connectivity index (χ0) is 19.3. The third-order valence-corrected chi connectivity index (χ3v) is 3.85. The minimum Gasteiger partial charge on any atom is -0.479 e. The number of carbonyl (C=O) groups excluding carboxylic acids is 3. The molecule has 14 heteroatoms. The van der Waals surface area contributed by atoms with Crippen LogP contribution in [0.2, 0.25) is 0 Å². The first-order valence-corrected chi connectivity index (χ1v) is 7.76. The van der Waals surface area contributed by atoms with Gasteiger partial charge in [0, 0.05) is 6.20 Å². The van der Waals surface area contributed by atoms with E-state index in [9.17, 15) is 19.2 Å². The van der Waals surface area contributed by atoms with Gasteiger partial charge in [-0.15, -0.1) is 0 Å². The van der Waals surface area contributed by atoms with Crippen molar-refractivity contribution in [2.75, 3.05) is 18.9 Å². The van der Waals surface area contributed by atoms with E-state index in [2.05, 4.69) is 30.3 Å². The lowest BCUT2D eigenvalue weighted by Crippen LogP contribution is -2.71. The SMILES string of the molecule is NC(=O)OCC1NC(=O)C1NC(=O)/C(=N\OCC(=O)O)c1cnc(N)s1. The van der Waals surface area contributed by atoms with E-state index in [0.29, 0.717) is 0 Å². The molecule has 0 radical (unpaired) electrons. The molecule has 0 spiro atoms. The molecule has 13 nitrogen and oxygen atoms in total. The third kappa shape index (κ3) is 4.79. The Bertz CT molecular complexity index is 763. The van der Waals surface area contributed by atoms with Gasteiger partial charge in [-0.25, -0.2) is 14.6 Å². The number of primary amides is 1. The number of amides is 3. The molecule has 140 valence electrons. The Hall–Kier alpha value is -3.42. The van der Waals surface area contributed by atoms with E-state index in [1.165, 1.54) is 6.20 Å². The molecule has 0 bridgehead atoms. The van der Waals surface area contributed by atoms with Gasteiger partial charge in [0.2, 0.25) is 12.5 Å². The van der Waals surface area contributed by atoms with Crippen LogP contribution in [-0.2, 0) is 24.0 Å². The maximum atomic E-state index is 12.4. The molecule has 2 heterocycles. The van der Waals surface area contributed by atoms with Crippen molar-refractivity contribution in [2.24, 2.45) is 10.9 Å². The number of anilines is 1. The predicted octanol–water partition coefficient (Wildman–Crippen LogP) is -2.39. The van der Waals surface area contributed by atoms with E-state index >= 15 is 0 Å². The number of carboxylic acid groups (broad SMARTS) is 1. The minimum absolute atomic E-state index is 0.146. The summed E-state index contributed by atoms with van der Waals surface area (Å²) in [5.74, 6) is -2.63. The van der Waals surface area contributed by atoms with Crippen LogP contribution < -0.4 is 22.1 Å². The van der Waals surface area contributed by atoms with Crippen molar-refractivity contribution in [3.05, 3.63) is 11.1 Å². The largest absolute Gasteiger partial charge is 0.479 e. The molecular formula is C12H14N6O7S. The molecule has 1 aromatic rings. The Morgan fingerprint density at radius 2 is 2.19 bits per heavy atom. The van der Waals surface area contributed by atoms with Crippen LogP contribution in [0.4, 0.5) is 9.93 Å². The number of nitrogen functional groups attached to an aromatic ring is 1. The van der Waals surface area contributed by atoms with Crippen LogP contribution in [-0.4, -0.2) is 65.0 Å². The fourth-order valence-electron chi connectivity index (χ4n) is 1.88. The van der Waals surface area contributed by atoms with Gasteiger partial charge in [-0.1, -0.05) is 16.5 Å². The molecule has 1 aliphatic rings. The van der Waals surface area contributed by atoms with Gasteiger partial charge in [-0.2, -0.15) is 0 Å². The molecule has 3 amide bonds. The molecule has 1 aliphatic heterocycles. The average Bonchev–Trinajstić information content (AvgIpc) is 2.98. The third-order valence-electron chi connectivity index (χ3n) is 3.02. The highest BCUT2D eigenvalue weighted by atomic mass is 32.1. The van der Waals surface area contributed by atoms with Crippen LogP contribution in [0.3, 0.4) is 0 Å². The summed E-state index contributed by atoms with van der Waals surface area (Å²) in [7, 11) is 0. The monoisotopic (exact) mass is 386 g/mol. The van der Waals surface area contributed by atoms with Gasteiger partial charge in [0.1, 0.15) is 12.6 Å². The van der Waals surface area contributed by atoms with Crippen molar-refractivity contribution >= 4 is 46.1 Å². The molecule has 7 N–H and O–H groups in total. The number of rotatable bonds is 8. The Balaban J connectivity index is 2.09. The summed E-state index contributed by atoms with van der Waals surface area (Å²) in [4.78, 5) is 53.7. The van der Waals surface area contributed by atoms with E-state index in [0.717, 1.165) is 11.3 Å².